The molecular formula is C11H8ClNO2S. The third-order valence-corrected chi connectivity index (χ3v) is 2.87. The summed E-state index contributed by atoms with van der Waals surface area (Å²) in [7, 11) is 0. The van der Waals surface area contributed by atoms with Crippen LogP contribution in [0, 0.1) is 0 Å². The van der Waals surface area contributed by atoms with Gasteiger partial charge in [0.05, 0.1) is 0 Å². The molecular weight excluding hydrogens is 246 g/mol. The molecule has 0 atom stereocenters. The van der Waals surface area contributed by atoms with Gasteiger partial charge in [-0.15, -0.1) is 0 Å². The topological polar surface area (TPSA) is 53.1 Å². The fourth-order valence-corrected chi connectivity index (χ4v) is 1.88. The number of rotatable bonds is 3. The number of halogens is 1. The second-order valence-electron chi connectivity index (χ2n) is 3.41. The predicted molar refractivity (Wildman–Crippen MR) is 67.2 cm³/mol. The average molecular weight is 254 g/mol. The minimum atomic E-state index is -1.04. The molecule has 0 spiro atoms. The van der Waals surface area contributed by atoms with Crippen molar-refractivity contribution in [2.75, 3.05) is 0 Å². The van der Waals surface area contributed by atoms with Crippen LogP contribution in [0.2, 0.25) is 5.02 Å². The van der Waals surface area contributed by atoms with Gasteiger partial charge in [-0.05, 0) is 17.7 Å². The van der Waals surface area contributed by atoms with Gasteiger partial charge in [0, 0.05) is 28.5 Å². The molecule has 1 aromatic carbocycles. The van der Waals surface area contributed by atoms with E-state index in [0.717, 1.165) is 16.5 Å². The van der Waals surface area contributed by atoms with E-state index in [2.05, 4.69) is 4.98 Å². The molecule has 0 radical (unpaired) electrons. The van der Waals surface area contributed by atoms with Crippen molar-refractivity contribution in [2.45, 2.75) is 6.42 Å². The molecule has 2 aromatic rings. The maximum Gasteiger partial charge on any atom is 0.342 e. The van der Waals surface area contributed by atoms with Crippen molar-refractivity contribution in [3.63, 3.8) is 0 Å². The normalized spacial score (nSPS) is 10.6. The van der Waals surface area contributed by atoms with E-state index in [0.29, 0.717) is 5.02 Å². The highest BCUT2D eigenvalue weighted by Gasteiger charge is 2.11. The Hall–Kier alpha value is -1.39. The number of hydrogen-bond acceptors (Lipinski definition) is 2. The maximum atomic E-state index is 10.6. The quantitative estimate of drug-likeness (QED) is 0.827. The van der Waals surface area contributed by atoms with Crippen LogP contribution in [-0.2, 0) is 11.2 Å². The molecule has 2 N–H and O–H groups in total. The molecule has 0 aliphatic rings. The van der Waals surface area contributed by atoms with Crippen molar-refractivity contribution in [3.8, 4) is 0 Å². The maximum absolute atomic E-state index is 10.6. The Bertz CT molecular complexity index is 576. The number of nitrogens with one attached hydrogen (secondary N) is 1. The Kier molecular flexibility index (Phi) is 2.94. The fraction of sp³-hybridized carbons (Fsp3) is 0.0909. The van der Waals surface area contributed by atoms with E-state index in [-0.39, 0.29) is 11.3 Å². The summed E-state index contributed by atoms with van der Waals surface area (Å²) in [5.74, 6) is -1.04. The Labute approximate surface area is 102 Å². The number of carboxylic acids is 1. The van der Waals surface area contributed by atoms with Crippen LogP contribution in [0.25, 0.3) is 10.9 Å². The Morgan fingerprint density at radius 3 is 2.94 bits per heavy atom. The van der Waals surface area contributed by atoms with Crippen LogP contribution in [0.5, 0.6) is 0 Å². The first-order valence-corrected chi connectivity index (χ1v) is 5.38. The number of carbonyl (C=O) groups is 1. The van der Waals surface area contributed by atoms with Crippen molar-refractivity contribution in [2.24, 2.45) is 0 Å². The monoisotopic (exact) mass is 253 g/mol. The van der Waals surface area contributed by atoms with Gasteiger partial charge < -0.3 is 10.1 Å². The van der Waals surface area contributed by atoms with Crippen LogP contribution in [0.1, 0.15) is 5.56 Å². The smallest absolute Gasteiger partial charge is 0.342 e. The summed E-state index contributed by atoms with van der Waals surface area (Å²) in [4.78, 5) is 13.7. The van der Waals surface area contributed by atoms with Gasteiger partial charge in [-0.3, -0.25) is 0 Å². The van der Waals surface area contributed by atoms with Crippen molar-refractivity contribution < 1.29 is 9.90 Å². The van der Waals surface area contributed by atoms with E-state index in [1.54, 1.807) is 18.3 Å². The van der Waals surface area contributed by atoms with Crippen molar-refractivity contribution in [3.05, 3.63) is 35.0 Å². The van der Waals surface area contributed by atoms with Gasteiger partial charge in [-0.25, -0.2) is 4.79 Å². The first kappa shape index (κ1) is 11.1. The highest BCUT2D eigenvalue weighted by Crippen LogP contribution is 2.22. The summed E-state index contributed by atoms with van der Waals surface area (Å²) in [6, 6.07) is 5.42. The number of H-pyrrole nitrogens is 1. The third kappa shape index (κ3) is 2.08. The van der Waals surface area contributed by atoms with Gasteiger partial charge in [-0.1, -0.05) is 29.9 Å². The Morgan fingerprint density at radius 2 is 2.25 bits per heavy atom. The molecule has 0 bridgehead atoms. The molecule has 16 heavy (non-hydrogen) atoms. The summed E-state index contributed by atoms with van der Waals surface area (Å²) in [6.45, 7) is 0. The van der Waals surface area contributed by atoms with Crippen LogP contribution in [0.15, 0.2) is 24.4 Å². The highest BCUT2D eigenvalue weighted by molar-refractivity contribution is 7.82. The summed E-state index contributed by atoms with van der Waals surface area (Å²) < 4.78 is 0. The van der Waals surface area contributed by atoms with Crippen molar-refractivity contribution >= 4 is 45.6 Å². The highest BCUT2D eigenvalue weighted by atomic mass is 35.5. The van der Waals surface area contributed by atoms with Gasteiger partial charge in [-0.2, -0.15) is 0 Å². The van der Waals surface area contributed by atoms with Gasteiger partial charge in [0.15, 0.2) is 0 Å². The van der Waals surface area contributed by atoms with Gasteiger partial charge in [0.2, 0.25) is 0 Å². The Morgan fingerprint density at radius 1 is 1.50 bits per heavy atom. The number of fused-ring (bicyclic) bond motifs is 1. The van der Waals surface area contributed by atoms with Crippen LogP contribution < -0.4 is 0 Å². The zero-order chi connectivity index (χ0) is 11.7. The standard InChI is InChI=1S/C11H8ClNO2S/c12-7-1-2-8-6(3-10(16)11(14)15)5-13-9(8)4-7/h1-2,4-5,13H,3H2,(H,14,15). The number of aromatic amines is 1. The van der Waals surface area contributed by atoms with Crippen LogP contribution >= 0.6 is 23.8 Å². The second-order valence-corrected chi connectivity index (χ2v) is 4.34. The molecule has 0 aliphatic heterocycles. The van der Waals surface area contributed by atoms with E-state index in [9.17, 15) is 4.79 Å². The Balaban J connectivity index is 2.39. The zero-order valence-electron chi connectivity index (χ0n) is 8.16. The zero-order valence-corrected chi connectivity index (χ0v) is 9.73. The first-order valence-electron chi connectivity index (χ1n) is 4.59. The molecule has 0 saturated carbocycles. The van der Waals surface area contributed by atoms with Crippen LogP contribution in [-0.4, -0.2) is 20.9 Å². The second kappa shape index (κ2) is 4.23. The fourth-order valence-electron chi connectivity index (χ4n) is 1.55. The molecule has 0 fully saturated rings. The molecule has 5 heteroatoms. The van der Waals surface area contributed by atoms with Crippen molar-refractivity contribution in [1.29, 1.82) is 0 Å². The molecule has 1 aromatic heterocycles. The number of aliphatic carboxylic acids is 1. The van der Waals surface area contributed by atoms with Crippen LogP contribution in [0.3, 0.4) is 0 Å². The third-order valence-electron chi connectivity index (χ3n) is 2.32. The van der Waals surface area contributed by atoms with E-state index in [1.807, 2.05) is 6.07 Å². The lowest BCUT2D eigenvalue weighted by Crippen LogP contribution is -2.12. The van der Waals surface area contributed by atoms with E-state index in [1.165, 1.54) is 0 Å². The first-order chi connectivity index (χ1) is 7.58. The molecule has 0 amide bonds. The minimum absolute atomic E-state index is 0.0100. The molecule has 0 aliphatic carbocycles. The summed E-state index contributed by atoms with van der Waals surface area (Å²) >= 11 is 10.6. The largest absolute Gasteiger partial charge is 0.477 e. The molecule has 0 unspecified atom stereocenters. The summed E-state index contributed by atoms with van der Waals surface area (Å²) in [6.07, 6.45) is 2.02. The molecule has 3 nitrogen and oxygen atoms in total. The number of thiocarbonyl (C=S) groups is 1. The number of carboxylic acid groups (broad SMARTS) is 1. The van der Waals surface area contributed by atoms with E-state index >= 15 is 0 Å². The molecule has 0 saturated heterocycles. The predicted octanol–water partition coefficient (Wildman–Crippen LogP) is 2.82. The number of aromatic nitrogens is 1. The van der Waals surface area contributed by atoms with Gasteiger partial charge in [0.25, 0.3) is 0 Å². The minimum Gasteiger partial charge on any atom is -0.477 e. The lowest BCUT2D eigenvalue weighted by atomic mass is 10.1. The lowest BCUT2D eigenvalue weighted by Gasteiger charge is -1.97. The van der Waals surface area contributed by atoms with E-state index < -0.39 is 5.97 Å². The summed E-state index contributed by atoms with van der Waals surface area (Å²) in [5.41, 5.74) is 1.76. The number of hydrogen-bond donors (Lipinski definition) is 2. The SMILES string of the molecule is O=C(O)C(=S)Cc1c[nH]c2cc(Cl)ccc12. The summed E-state index contributed by atoms with van der Waals surface area (Å²) in [5, 5.41) is 10.3. The van der Waals surface area contributed by atoms with E-state index in [4.69, 9.17) is 28.9 Å². The van der Waals surface area contributed by atoms with Crippen LogP contribution in [0.4, 0.5) is 0 Å². The van der Waals surface area contributed by atoms with Gasteiger partial charge >= 0.3 is 5.97 Å². The molecule has 82 valence electrons. The molecule has 1 heterocycles. The van der Waals surface area contributed by atoms with Gasteiger partial charge in [0.1, 0.15) is 4.86 Å². The lowest BCUT2D eigenvalue weighted by molar-refractivity contribution is -0.129. The molecule has 2 rings (SSSR count). The average Bonchev–Trinajstić information content (AvgIpc) is 2.60. The number of benzene rings is 1. The van der Waals surface area contributed by atoms with Crippen molar-refractivity contribution in [1.82, 2.24) is 4.98 Å².